The zero-order chi connectivity index (χ0) is 23.1. The lowest BCUT2D eigenvalue weighted by atomic mass is 10.2. The first-order valence-electron chi connectivity index (χ1n) is 10.4. The highest BCUT2D eigenvalue weighted by Gasteiger charge is 2.30. The van der Waals surface area contributed by atoms with Crippen LogP contribution < -0.4 is 5.32 Å². The molecule has 1 aromatic heterocycles. The Kier molecular flexibility index (Phi) is 7.56. The first kappa shape index (κ1) is 23.4. The molecule has 2 amide bonds. The van der Waals surface area contributed by atoms with Crippen molar-refractivity contribution in [3.8, 4) is 0 Å². The summed E-state index contributed by atoms with van der Waals surface area (Å²) in [6, 6.07) is 14.1. The lowest BCUT2D eigenvalue weighted by Gasteiger charge is -2.24. The number of benzene rings is 2. The summed E-state index contributed by atoms with van der Waals surface area (Å²) in [7, 11) is 0. The second kappa shape index (κ2) is 10.3. The van der Waals surface area contributed by atoms with E-state index in [1.54, 1.807) is 11.0 Å². The topological polar surface area (TPSA) is 37.3 Å². The third-order valence-corrected chi connectivity index (χ3v) is 5.05. The van der Waals surface area contributed by atoms with Gasteiger partial charge in [-0.05, 0) is 60.5 Å². The van der Waals surface area contributed by atoms with Gasteiger partial charge in [0.2, 0.25) is 0 Å². The average molecular weight is 447 g/mol. The Hall–Kier alpha value is -3.29. The van der Waals surface area contributed by atoms with Gasteiger partial charge in [-0.1, -0.05) is 25.5 Å². The fourth-order valence-corrected chi connectivity index (χ4v) is 3.32. The predicted octanol–water partition coefficient (Wildman–Crippen LogP) is 6.53. The number of nitrogens with zero attached hydrogens (tertiary/aromatic N) is 2. The van der Waals surface area contributed by atoms with E-state index in [4.69, 9.17) is 0 Å². The van der Waals surface area contributed by atoms with E-state index >= 15 is 0 Å². The minimum Gasteiger partial charge on any atom is -0.345 e. The molecule has 1 heterocycles. The van der Waals surface area contributed by atoms with Gasteiger partial charge < -0.3 is 14.8 Å². The van der Waals surface area contributed by atoms with Gasteiger partial charge in [-0.15, -0.1) is 0 Å². The molecular formula is C24H25F4N3O. The summed E-state index contributed by atoms with van der Waals surface area (Å²) in [5, 5.41) is 2.68. The van der Waals surface area contributed by atoms with E-state index in [1.165, 1.54) is 24.3 Å². The maximum atomic E-state index is 13.5. The monoisotopic (exact) mass is 447 g/mol. The highest BCUT2D eigenvalue weighted by atomic mass is 19.4. The molecule has 0 saturated carbocycles. The number of unbranched alkanes of at least 4 members (excludes halogenated alkanes) is 1. The van der Waals surface area contributed by atoms with E-state index in [0.717, 1.165) is 36.2 Å². The number of alkyl halides is 3. The van der Waals surface area contributed by atoms with Gasteiger partial charge in [-0.3, -0.25) is 0 Å². The van der Waals surface area contributed by atoms with Crippen LogP contribution in [-0.4, -0.2) is 22.0 Å². The van der Waals surface area contributed by atoms with Crippen LogP contribution in [0.5, 0.6) is 0 Å². The molecule has 0 aliphatic heterocycles. The lowest BCUT2D eigenvalue weighted by Crippen LogP contribution is -2.36. The van der Waals surface area contributed by atoms with Crippen molar-refractivity contribution in [3.63, 3.8) is 0 Å². The van der Waals surface area contributed by atoms with Crippen LogP contribution in [0.15, 0.2) is 66.9 Å². The molecule has 0 unspecified atom stereocenters. The Morgan fingerprint density at radius 1 is 1.06 bits per heavy atom. The molecule has 170 valence electrons. The summed E-state index contributed by atoms with van der Waals surface area (Å²) in [6.07, 6.45) is -0.895. The number of carbonyl (C=O) groups excluding carboxylic acids is 1. The molecule has 0 radical (unpaired) electrons. The highest BCUT2D eigenvalue weighted by Crippen LogP contribution is 2.29. The number of nitrogens with one attached hydrogen (secondary N) is 1. The summed E-state index contributed by atoms with van der Waals surface area (Å²) in [5.74, 6) is -0.309. The Labute approximate surface area is 184 Å². The number of hydrogen-bond donors (Lipinski definition) is 1. The van der Waals surface area contributed by atoms with Crippen molar-refractivity contribution >= 4 is 11.7 Å². The summed E-state index contributed by atoms with van der Waals surface area (Å²) in [6.45, 7) is 3.28. The van der Waals surface area contributed by atoms with Crippen molar-refractivity contribution in [2.24, 2.45) is 0 Å². The third kappa shape index (κ3) is 6.35. The molecule has 2 aromatic carbocycles. The molecule has 8 heteroatoms. The summed E-state index contributed by atoms with van der Waals surface area (Å²) in [4.78, 5) is 14.5. The molecule has 0 aliphatic rings. The van der Waals surface area contributed by atoms with Gasteiger partial charge in [0, 0.05) is 30.7 Å². The third-order valence-electron chi connectivity index (χ3n) is 5.05. The molecule has 0 spiro atoms. The van der Waals surface area contributed by atoms with Gasteiger partial charge in [0.15, 0.2) is 0 Å². The molecule has 0 saturated heterocycles. The average Bonchev–Trinajstić information content (AvgIpc) is 3.17. The van der Waals surface area contributed by atoms with Gasteiger partial charge in [-0.2, -0.15) is 13.2 Å². The first-order valence-corrected chi connectivity index (χ1v) is 10.4. The number of halogens is 4. The molecule has 0 atom stereocenters. The molecule has 0 bridgehead atoms. The fraction of sp³-hybridized carbons (Fsp3) is 0.292. The molecule has 0 fully saturated rings. The Morgan fingerprint density at radius 2 is 1.81 bits per heavy atom. The van der Waals surface area contributed by atoms with Crippen LogP contribution in [0.1, 0.15) is 36.6 Å². The van der Waals surface area contributed by atoms with Crippen molar-refractivity contribution in [1.29, 1.82) is 0 Å². The van der Waals surface area contributed by atoms with E-state index < -0.39 is 17.8 Å². The molecular weight excluding hydrogens is 422 g/mol. The van der Waals surface area contributed by atoms with Gasteiger partial charge >= 0.3 is 12.2 Å². The van der Waals surface area contributed by atoms with Crippen LogP contribution in [0.2, 0.25) is 0 Å². The molecule has 1 N–H and O–H groups in total. The van der Waals surface area contributed by atoms with Crippen molar-refractivity contribution in [1.82, 2.24) is 9.47 Å². The number of anilines is 1. The lowest BCUT2D eigenvalue weighted by molar-refractivity contribution is -0.137. The number of hydrogen-bond acceptors (Lipinski definition) is 1. The quantitative estimate of drug-likeness (QED) is 0.392. The van der Waals surface area contributed by atoms with E-state index in [9.17, 15) is 22.4 Å². The van der Waals surface area contributed by atoms with Gasteiger partial charge in [0.1, 0.15) is 5.82 Å². The maximum absolute atomic E-state index is 13.5. The molecule has 0 aliphatic carbocycles. The van der Waals surface area contributed by atoms with Crippen molar-refractivity contribution < 1.29 is 22.4 Å². The first-order chi connectivity index (χ1) is 15.3. The van der Waals surface area contributed by atoms with Gasteiger partial charge in [-0.25, -0.2) is 9.18 Å². The van der Waals surface area contributed by atoms with Crippen LogP contribution in [0.25, 0.3) is 0 Å². The second-order valence-corrected chi connectivity index (χ2v) is 7.54. The van der Waals surface area contributed by atoms with E-state index in [0.29, 0.717) is 25.3 Å². The maximum Gasteiger partial charge on any atom is 0.416 e. The minimum absolute atomic E-state index is 0.291. The van der Waals surface area contributed by atoms with E-state index in [2.05, 4.69) is 5.32 Å². The Bertz CT molecular complexity index is 1030. The fourth-order valence-electron chi connectivity index (χ4n) is 3.32. The minimum atomic E-state index is -4.43. The van der Waals surface area contributed by atoms with Crippen LogP contribution in [0.3, 0.4) is 0 Å². The summed E-state index contributed by atoms with van der Waals surface area (Å²) >= 11 is 0. The summed E-state index contributed by atoms with van der Waals surface area (Å²) in [5.41, 5.74) is 1.19. The number of rotatable bonds is 8. The number of urea groups is 1. The SMILES string of the molecule is CCCCN(Cc1cccn1Cc1cccc(F)c1)C(=O)Nc1ccc(C(F)(F)F)cc1. The van der Waals surface area contributed by atoms with Crippen LogP contribution in [-0.2, 0) is 19.3 Å². The number of carbonyl (C=O) groups is 1. The van der Waals surface area contributed by atoms with E-state index in [1.807, 2.05) is 35.9 Å². The normalized spacial score (nSPS) is 11.4. The molecule has 3 rings (SSSR count). The second-order valence-electron chi connectivity index (χ2n) is 7.54. The summed E-state index contributed by atoms with van der Waals surface area (Å²) < 4.78 is 53.7. The zero-order valence-corrected chi connectivity index (χ0v) is 17.7. The zero-order valence-electron chi connectivity index (χ0n) is 17.7. The molecule has 3 aromatic rings. The van der Waals surface area contributed by atoms with Crippen molar-refractivity contribution in [2.75, 3.05) is 11.9 Å². The highest BCUT2D eigenvalue weighted by molar-refractivity contribution is 5.89. The molecule has 4 nitrogen and oxygen atoms in total. The van der Waals surface area contributed by atoms with Gasteiger partial charge in [0.25, 0.3) is 0 Å². The number of aromatic nitrogens is 1. The van der Waals surface area contributed by atoms with Crippen molar-refractivity contribution in [2.45, 2.75) is 39.0 Å². The predicted molar refractivity (Wildman–Crippen MR) is 116 cm³/mol. The smallest absolute Gasteiger partial charge is 0.345 e. The van der Waals surface area contributed by atoms with Crippen molar-refractivity contribution in [3.05, 3.63) is 89.5 Å². The number of amides is 2. The van der Waals surface area contributed by atoms with E-state index in [-0.39, 0.29) is 5.82 Å². The van der Waals surface area contributed by atoms with Crippen LogP contribution in [0.4, 0.5) is 28.0 Å². The Balaban J connectivity index is 1.71. The standard InChI is InChI=1S/C24H25F4N3O/c1-2-3-13-31(23(32)29-21-11-9-19(10-12-21)24(26,27)28)17-22-8-5-14-30(22)16-18-6-4-7-20(25)15-18/h4-12,14-15H,2-3,13,16-17H2,1H3,(H,29,32). The largest absolute Gasteiger partial charge is 0.416 e. The van der Waals surface area contributed by atoms with Gasteiger partial charge in [0.05, 0.1) is 12.1 Å². The van der Waals surface area contributed by atoms with Crippen LogP contribution >= 0.6 is 0 Å². The van der Waals surface area contributed by atoms with Crippen LogP contribution in [0, 0.1) is 5.82 Å². The molecule has 32 heavy (non-hydrogen) atoms. The Morgan fingerprint density at radius 3 is 2.47 bits per heavy atom.